The summed E-state index contributed by atoms with van der Waals surface area (Å²) in [5.74, 6) is -1.62. The van der Waals surface area contributed by atoms with Crippen molar-refractivity contribution < 1.29 is 33.0 Å². The number of aliphatic carboxylic acids is 1. The number of rotatable bonds is 4. The smallest absolute Gasteiger partial charge is 0.475 e. The molecule has 3 aliphatic rings. The first-order chi connectivity index (χ1) is 14.5. The number of aliphatic hydroxyl groups is 1. The van der Waals surface area contributed by atoms with Crippen LogP contribution >= 0.6 is 0 Å². The number of hydrogen-bond acceptors (Lipinski definition) is 4. The third-order valence-corrected chi connectivity index (χ3v) is 6.79. The molecule has 0 bridgehead atoms. The van der Waals surface area contributed by atoms with Crippen LogP contribution in [0.25, 0.3) is 0 Å². The van der Waals surface area contributed by atoms with E-state index in [9.17, 15) is 23.1 Å². The molecule has 0 spiro atoms. The van der Waals surface area contributed by atoms with E-state index in [-0.39, 0.29) is 24.0 Å². The molecule has 2 aliphatic carbocycles. The molecule has 31 heavy (non-hydrogen) atoms. The SMILES string of the molecule is CCC(C)N1C[C@@H]2[C@H](NC(=O)C3CC(O)C3)c3ccccc3[C@@H]2C1.O=C(O)C(F)(F)F. The maximum atomic E-state index is 12.6. The second kappa shape index (κ2) is 9.16. The molecule has 0 radical (unpaired) electrons. The Hall–Kier alpha value is -2.13. The van der Waals surface area contributed by atoms with Gasteiger partial charge in [0.1, 0.15) is 0 Å². The number of carboxylic acid groups (broad SMARTS) is 1. The zero-order chi connectivity index (χ0) is 22.9. The van der Waals surface area contributed by atoms with Gasteiger partial charge in [-0.05, 0) is 37.3 Å². The van der Waals surface area contributed by atoms with Crippen molar-refractivity contribution in [1.29, 1.82) is 0 Å². The molecule has 1 aromatic carbocycles. The molecule has 2 fully saturated rings. The highest BCUT2D eigenvalue weighted by molar-refractivity contribution is 5.80. The number of carbonyl (C=O) groups is 2. The summed E-state index contributed by atoms with van der Waals surface area (Å²) in [6.45, 7) is 6.71. The van der Waals surface area contributed by atoms with Gasteiger partial charge in [0, 0.05) is 36.9 Å². The average Bonchev–Trinajstić information content (AvgIpc) is 3.24. The molecule has 1 unspecified atom stereocenters. The second-order valence-electron chi connectivity index (χ2n) is 8.72. The molecule has 0 aromatic heterocycles. The van der Waals surface area contributed by atoms with Gasteiger partial charge in [-0.15, -0.1) is 0 Å². The number of amides is 1. The van der Waals surface area contributed by atoms with E-state index >= 15 is 0 Å². The number of benzene rings is 1. The van der Waals surface area contributed by atoms with E-state index < -0.39 is 12.1 Å². The Kier molecular flexibility index (Phi) is 6.95. The molecule has 9 heteroatoms. The number of alkyl halides is 3. The number of aliphatic hydroxyl groups excluding tert-OH is 1. The van der Waals surface area contributed by atoms with Crippen LogP contribution in [0.15, 0.2) is 24.3 Å². The zero-order valence-electron chi connectivity index (χ0n) is 17.6. The van der Waals surface area contributed by atoms with Crippen molar-refractivity contribution in [2.24, 2.45) is 11.8 Å². The minimum absolute atomic E-state index is 0.00159. The first-order valence-corrected chi connectivity index (χ1v) is 10.6. The van der Waals surface area contributed by atoms with E-state index in [2.05, 4.69) is 48.3 Å². The standard InChI is InChI=1S/C20H28N2O2.C2HF3O2/c1-3-12(2)22-10-17-15-6-4-5-7-16(15)19(18(17)11-22)21-20(24)13-8-14(23)9-13;3-2(4,5)1(6)7/h4-7,12-14,17-19,23H,3,8-11H2,1-2H3,(H,21,24);(H,6,7)/t12?,13?,14?,17-,18-,19+;/m0./s1. The van der Waals surface area contributed by atoms with Crippen LogP contribution in [0.5, 0.6) is 0 Å². The molecule has 1 saturated heterocycles. The summed E-state index contributed by atoms with van der Waals surface area (Å²) in [6, 6.07) is 9.35. The second-order valence-corrected chi connectivity index (χ2v) is 8.72. The average molecular weight is 442 g/mol. The number of fused-ring (bicyclic) bond motifs is 3. The van der Waals surface area contributed by atoms with E-state index in [1.54, 1.807) is 0 Å². The van der Waals surface area contributed by atoms with Crippen LogP contribution < -0.4 is 5.32 Å². The van der Waals surface area contributed by atoms with E-state index in [1.807, 2.05) is 0 Å². The Bertz CT molecular complexity index is 810. The number of likely N-dealkylation sites (tertiary alicyclic amines) is 1. The summed E-state index contributed by atoms with van der Waals surface area (Å²) in [6.07, 6.45) is -2.96. The van der Waals surface area contributed by atoms with Gasteiger partial charge in [0.05, 0.1) is 12.1 Å². The number of hydrogen-bond donors (Lipinski definition) is 3. The third-order valence-electron chi connectivity index (χ3n) is 6.79. The van der Waals surface area contributed by atoms with E-state index in [1.165, 1.54) is 11.1 Å². The molecular formula is C22H29F3N2O4. The van der Waals surface area contributed by atoms with Crippen LogP contribution in [0.2, 0.25) is 0 Å². The van der Waals surface area contributed by atoms with Gasteiger partial charge in [-0.3, -0.25) is 9.69 Å². The lowest BCUT2D eigenvalue weighted by molar-refractivity contribution is -0.192. The van der Waals surface area contributed by atoms with Crippen LogP contribution in [0.4, 0.5) is 13.2 Å². The van der Waals surface area contributed by atoms with Gasteiger partial charge in [-0.1, -0.05) is 31.2 Å². The lowest BCUT2D eigenvalue weighted by Crippen LogP contribution is -2.44. The van der Waals surface area contributed by atoms with E-state index in [4.69, 9.17) is 9.90 Å². The number of carboxylic acids is 1. The fraction of sp³-hybridized carbons (Fsp3) is 0.636. The Morgan fingerprint density at radius 3 is 2.29 bits per heavy atom. The van der Waals surface area contributed by atoms with Crippen LogP contribution in [0, 0.1) is 11.8 Å². The van der Waals surface area contributed by atoms with Crippen LogP contribution in [-0.4, -0.2) is 58.4 Å². The van der Waals surface area contributed by atoms with Crippen molar-refractivity contribution in [3.05, 3.63) is 35.4 Å². The third kappa shape index (κ3) is 5.03. The molecule has 1 saturated carbocycles. The largest absolute Gasteiger partial charge is 0.490 e. The maximum Gasteiger partial charge on any atom is 0.490 e. The monoisotopic (exact) mass is 442 g/mol. The molecular weight excluding hydrogens is 413 g/mol. The fourth-order valence-corrected chi connectivity index (χ4v) is 4.77. The zero-order valence-corrected chi connectivity index (χ0v) is 17.6. The van der Waals surface area contributed by atoms with Crippen molar-refractivity contribution in [3.63, 3.8) is 0 Å². The summed E-state index contributed by atoms with van der Waals surface area (Å²) in [5.41, 5.74) is 2.73. The Morgan fingerprint density at radius 1 is 1.19 bits per heavy atom. The maximum absolute atomic E-state index is 12.6. The quantitative estimate of drug-likeness (QED) is 0.667. The fourth-order valence-electron chi connectivity index (χ4n) is 4.77. The summed E-state index contributed by atoms with van der Waals surface area (Å²) in [5, 5.41) is 19.9. The Labute approximate surface area is 179 Å². The highest BCUT2D eigenvalue weighted by Gasteiger charge is 2.48. The predicted molar refractivity (Wildman–Crippen MR) is 107 cm³/mol. The summed E-state index contributed by atoms with van der Waals surface area (Å²) >= 11 is 0. The normalized spacial score (nSPS) is 30.3. The van der Waals surface area contributed by atoms with Crippen molar-refractivity contribution in [2.75, 3.05) is 13.1 Å². The minimum Gasteiger partial charge on any atom is -0.475 e. The van der Waals surface area contributed by atoms with Crippen molar-refractivity contribution in [2.45, 2.75) is 63.4 Å². The van der Waals surface area contributed by atoms with Crippen LogP contribution in [0.1, 0.15) is 56.2 Å². The number of halogens is 3. The lowest BCUT2D eigenvalue weighted by atomic mass is 9.81. The molecule has 172 valence electrons. The Morgan fingerprint density at radius 2 is 1.77 bits per heavy atom. The van der Waals surface area contributed by atoms with Gasteiger partial charge >= 0.3 is 12.1 Å². The minimum atomic E-state index is -5.08. The number of nitrogens with one attached hydrogen (secondary N) is 1. The lowest BCUT2D eigenvalue weighted by Gasteiger charge is -2.32. The molecule has 1 heterocycles. The van der Waals surface area contributed by atoms with Gasteiger partial charge in [0.2, 0.25) is 5.91 Å². The van der Waals surface area contributed by atoms with Crippen molar-refractivity contribution in [3.8, 4) is 0 Å². The highest BCUT2D eigenvalue weighted by atomic mass is 19.4. The first kappa shape index (κ1) is 23.5. The molecule has 1 aromatic rings. The van der Waals surface area contributed by atoms with Gasteiger partial charge in [0.15, 0.2) is 0 Å². The molecule has 4 atom stereocenters. The summed E-state index contributed by atoms with van der Waals surface area (Å²) < 4.78 is 31.7. The van der Waals surface area contributed by atoms with E-state index in [0.717, 1.165) is 19.5 Å². The van der Waals surface area contributed by atoms with Crippen molar-refractivity contribution in [1.82, 2.24) is 10.2 Å². The molecule has 1 amide bonds. The summed E-state index contributed by atoms with van der Waals surface area (Å²) in [7, 11) is 0. The van der Waals surface area contributed by atoms with Gasteiger partial charge in [0.25, 0.3) is 0 Å². The predicted octanol–water partition coefficient (Wildman–Crippen LogP) is 3.08. The number of nitrogens with zero attached hydrogens (tertiary/aromatic N) is 1. The van der Waals surface area contributed by atoms with Crippen LogP contribution in [0.3, 0.4) is 0 Å². The van der Waals surface area contributed by atoms with Gasteiger partial charge in [-0.2, -0.15) is 13.2 Å². The molecule has 1 aliphatic heterocycles. The number of carbonyl (C=O) groups excluding carboxylic acids is 1. The van der Waals surface area contributed by atoms with Crippen LogP contribution in [-0.2, 0) is 9.59 Å². The first-order valence-electron chi connectivity index (χ1n) is 10.6. The molecule has 4 rings (SSSR count). The Balaban J connectivity index is 0.000000339. The van der Waals surface area contributed by atoms with E-state index in [0.29, 0.717) is 30.7 Å². The molecule has 3 N–H and O–H groups in total. The van der Waals surface area contributed by atoms with Crippen molar-refractivity contribution >= 4 is 11.9 Å². The summed E-state index contributed by atoms with van der Waals surface area (Å²) in [4.78, 5) is 24.0. The van der Waals surface area contributed by atoms with Gasteiger partial charge in [-0.25, -0.2) is 4.79 Å². The van der Waals surface area contributed by atoms with Gasteiger partial charge < -0.3 is 15.5 Å². The highest BCUT2D eigenvalue weighted by Crippen LogP contribution is 2.50. The topological polar surface area (TPSA) is 89.9 Å². The molecule has 6 nitrogen and oxygen atoms in total.